The Morgan fingerprint density at radius 3 is 2.03 bits per heavy atom. The van der Waals surface area contributed by atoms with E-state index in [1.807, 2.05) is 43.3 Å². The number of anilines is 2. The van der Waals surface area contributed by atoms with E-state index < -0.39 is 0 Å². The van der Waals surface area contributed by atoms with Crippen LogP contribution in [-0.2, 0) is 4.79 Å². The van der Waals surface area contributed by atoms with Gasteiger partial charge in [-0.2, -0.15) is 0 Å². The van der Waals surface area contributed by atoms with Gasteiger partial charge in [-0.1, -0.05) is 19.4 Å². The summed E-state index contributed by atoms with van der Waals surface area (Å²) < 4.78 is 16.3. The van der Waals surface area contributed by atoms with Crippen molar-refractivity contribution >= 4 is 35.0 Å². The summed E-state index contributed by atoms with van der Waals surface area (Å²) in [6, 6.07) is 19.9. The van der Waals surface area contributed by atoms with E-state index in [1.54, 1.807) is 30.3 Å². The zero-order chi connectivity index (χ0) is 25.9. The number of carbonyl (C=O) groups is 2. The third kappa shape index (κ3) is 7.42. The van der Waals surface area contributed by atoms with Crippen LogP contribution in [0.15, 0.2) is 71.6 Å². The minimum atomic E-state index is -0.334. The molecule has 0 heterocycles. The summed E-state index contributed by atoms with van der Waals surface area (Å²) in [7, 11) is 3.01. The number of hydrogen-bond acceptors (Lipinski definition) is 6. The van der Waals surface area contributed by atoms with Gasteiger partial charge in [0.1, 0.15) is 22.8 Å². The minimum Gasteiger partial charge on any atom is -0.496 e. The van der Waals surface area contributed by atoms with Crippen LogP contribution in [0.3, 0.4) is 0 Å². The number of thioether (sulfide) groups is 1. The Bertz CT molecular complexity index is 1130. The van der Waals surface area contributed by atoms with Crippen LogP contribution in [0.2, 0.25) is 0 Å². The van der Waals surface area contributed by atoms with E-state index in [1.165, 1.54) is 26.0 Å². The Morgan fingerprint density at radius 2 is 1.44 bits per heavy atom. The third-order valence-corrected chi connectivity index (χ3v) is 6.45. The first kappa shape index (κ1) is 26.9. The van der Waals surface area contributed by atoms with Crippen LogP contribution in [0, 0.1) is 0 Å². The molecule has 3 aromatic rings. The monoisotopic (exact) mass is 508 g/mol. The van der Waals surface area contributed by atoms with Crippen molar-refractivity contribution in [3.63, 3.8) is 0 Å². The van der Waals surface area contributed by atoms with Crippen molar-refractivity contribution in [2.45, 2.75) is 36.8 Å². The summed E-state index contributed by atoms with van der Waals surface area (Å²) in [6.45, 7) is 4.66. The van der Waals surface area contributed by atoms with Gasteiger partial charge in [-0.3, -0.25) is 9.59 Å². The van der Waals surface area contributed by atoms with Gasteiger partial charge in [0, 0.05) is 16.3 Å². The lowest BCUT2D eigenvalue weighted by atomic mass is 10.1. The normalized spacial score (nSPS) is 11.3. The zero-order valence-electron chi connectivity index (χ0n) is 21.0. The fraction of sp³-hybridized carbons (Fsp3) is 0.286. The van der Waals surface area contributed by atoms with E-state index >= 15 is 0 Å². The average Bonchev–Trinajstić information content (AvgIpc) is 2.90. The molecule has 3 rings (SSSR count). The summed E-state index contributed by atoms with van der Waals surface area (Å²) in [5.41, 5.74) is 1.67. The Labute approximate surface area is 216 Å². The standard InChI is InChI=1S/C28H32N2O5S/c1-5-6-18-35-22-14-10-20(11-15-22)29-27(31)19(2)36-23-16-12-21(13-17-23)30-28(32)26-24(33-3)8-7-9-25(26)34-4/h7-17,19H,5-6,18H2,1-4H3,(H,29,31)(H,30,32). The lowest BCUT2D eigenvalue weighted by molar-refractivity contribution is -0.115. The second-order valence-electron chi connectivity index (χ2n) is 7.99. The number of benzene rings is 3. The summed E-state index contributed by atoms with van der Waals surface area (Å²) in [5, 5.41) is 5.49. The van der Waals surface area contributed by atoms with E-state index in [0.29, 0.717) is 29.4 Å². The van der Waals surface area contributed by atoms with Crippen molar-refractivity contribution in [1.29, 1.82) is 0 Å². The predicted octanol–water partition coefficient (Wildman–Crippen LogP) is 6.25. The molecule has 0 bridgehead atoms. The minimum absolute atomic E-state index is 0.0969. The van der Waals surface area contributed by atoms with Crippen LogP contribution in [0.5, 0.6) is 17.2 Å². The fourth-order valence-electron chi connectivity index (χ4n) is 3.36. The summed E-state index contributed by atoms with van der Waals surface area (Å²) in [5.74, 6) is 1.22. The Hall–Kier alpha value is -3.65. The van der Waals surface area contributed by atoms with Crippen molar-refractivity contribution in [3.8, 4) is 17.2 Å². The Kier molecular flexibility index (Phi) is 10.1. The van der Waals surface area contributed by atoms with E-state index in [2.05, 4.69) is 17.6 Å². The van der Waals surface area contributed by atoms with Gasteiger partial charge >= 0.3 is 0 Å². The van der Waals surface area contributed by atoms with E-state index in [9.17, 15) is 9.59 Å². The van der Waals surface area contributed by atoms with Crippen LogP contribution in [0.1, 0.15) is 37.0 Å². The number of amides is 2. The molecule has 2 N–H and O–H groups in total. The van der Waals surface area contributed by atoms with Gasteiger partial charge < -0.3 is 24.8 Å². The maximum atomic E-state index is 12.8. The molecule has 0 saturated heterocycles. The molecular weight excluding hydrogens is 476 g/mol. The first-order valence-electron chi connectivity index (χ1n) is 11.8. The predicted molar refractivity (Wildman–Crippen MR) is 145 cm³/mol. The molecule has 1 atom stereocenters. The largest absolute Gasteiger partial charge is 0.496 e. The van der Waals surface area contributed by atoms with Gasteiger partial charge in [0.2, 0.25) is 5.91 Å². The smallest absolute Gasteiger partial charge is 0.263 e. The molecule has 0 aromatic heterocycles. The first-order chi connectivity index (χ1) is 17.4. The third-order valence-electron chi connectivity index (χ3n) is 5.34. The lowest BCUT2D eigenvalue weighted by Gasteiger charge is -2.14. The van der Waals surface area contributed by atoms with Gasteiger partial charge in [-0.05, 0) is 74.0 Å². The highest BCUT2D eigenvalue weighted by molar-refractivity contribution is 8.00. The van der Waals surface area contributed by atoms with Crippen LogP contribution in [-0.4, -0.2) is 37.9 Å². The lowest BCUT2D eigenvalue weighted by Crippen LogP contribution is -2.22. The number of nitrogens with one attached hydrogen (secondary N) is 2. The first-order valence-corrected chi connectivity index (χ1v) is 12.7. The molecule has 190 valence electrons. The molecule has 8 heteroatoms. The number of unbranched alkanes of at least 4 members (excludes halogenated alkanes) is 1. The molecule has 1 unspecified atom stereocenters. The number of methoxy groups -OCH3 is 2. The molecule has 0 aliphatic carbocycles. The van der Waals surface area contributed by atoms with Crippen LogP contribution in [0.25, 0.3) is 0 Å². The van der Waals surface area contributed by atoms with Gasteiger partial charge in [0.15, 0.2) is 0 Å². The fourth-order valence-corrected chi connectivity index (χ4v) is 4.22. The second-order valence-corrected chi connectivity index (χ2v) is 9.41. The number of ether oxygens (including phenoxy) is 3. The molecule has 0 radical (unpaired) electrons. The number of carbonyl (C=O) groups excluding carboxylic acids is 2. The number of rotatable bonds is 12. The molecule has 0 spiro atoms. The number of hydrogen-bond donors (Lipinski definition) is 2. The second kappa shape index (κ2) is 13.4. The van der Waals surface area contributed by atoms with Gasteiger partial charge in [-0.15, -0.1) is 11.8 Å². The van der Waals surface area contributed by atoms with Gasteiger partial charge in [0.25, 0.3) is 5.91 Å². The Balaban J connectivity index is 1.55. The molecular formula is C28H32N2O5S. The van der Waals surface area contributed by atoms with E-state index in [4.69, 9.17) is 14.2 Å². The van der Waals surface area contributed by atoms with Crippen LogP contribution in [0.4, 0.5) is 11.4 Å². The van der Waals surface area contributed by atoms with Crippen molar-refractivity contribution < 1.29 is 23.8 Å². The molecule has 0 aliphatic heterocycles. The van der Waals surface area contributed by atoms with Crippen molar-refractivity contribution in [1.82, 2.24) is 0 Å². The molecule has 0 aliphatic rings. The SMILES string of the molecule is CCCCOc1ccc(NC(=O)C(C)Sc2ccc(NC(=O)c3c(OC)cccc3OC)cc2)cc1. The molecule has 0 saturated carbocycles. The molecule has 36 heavy (non-hydrogen) atoms. The maximum absolute atomic E-state index is 12.8. The van der Waals surface area contributed by atoms with Crippen LogP contribution >= 0.6 is 11.8 Å². The summed E-state index contributed by atoms with van der Waals surface area (Å²) in [4.78, 5) is 26.4. The van der Waals surface area contributed by atoms with Crippen LogP contribution < -0.4 is 24.8 Å². The topological polar surface area (TPSA) is 85.9 Å². The highest BCUT2D eigenvalue weighted by Gasteiger charge is 2.19. The van der Waals surface area contributed by atoms with Gasteiger partial charge in [0.05, 0.1) is 26.1 Å². The van der Waals surface area contributed by atoms with Crippen molar-refractivity contribution in [2.24, 2.45) is 0 Å². The summed E-state index contributed by atoms with van der Waals surface area (Å²) >= 11 is 1.43. The molecule has 2 amide bonds. The quantitative estimate of drug-likeness (QED) is 0.222. The highest BCUT2D eigenvalue weighted by Crippen LogP contribution is 2.30. The van der Waals surface area contributed by atoms with Crippen molar-refractivity contribution in [2.75, 3.05) is 31.5 Å². The van der Waals surface area contributed by atoms with E-state index in [-0.39, 0.29) is 17.1 Å². The highest BCUT2D eigenvalue weighted by atomic mass is 32.2. The molecule has 3 aromatic carbocycles. The van der Waals surface area contributed by atoms with E-state index in [0.717, 1.165) is 29.2 Å². The van der Waals surface area contributed by atoms with Gasteiger partial charge in [-0.25, -0.2) is 0 Å². The average molecular weight is 509 g/mol. The molecule has 7 nitrogen and oxygen atoms in total. The maximum Gasteiger partial charge on any atom is 0.263 e. The summed E-state index contributed by atoms with van der Waals surface area (Å²) in [6.07, 6.45) is 2.09. The molecule has 0 fully saturated rings. The zero-order valence-corrected chi connectivity index (χ0v) is 21.8. The van der Waals surface area contributed by atoms with Crippen molar-refractivity contribution in [3.05, 3.63) is 72.3 Å². The Morgan fingerprint density at radius 1 is 0.861 bits per heavy atom.